The van der Waals surface area contributed by atoms with Crippen molar-refractivity contribution in [2.24, 2.45) is 4.99 Å². The van der Waals surface area contributed by atoms with Gasteiger partial charge in [0.25, 0.3) is 0 Å². The van der Waals surface area contributed by atoms with E-state index in [2.05, 4.69) is 24.7 Å². The van der Waals surface area contributed by atoms with Gasteiger partial charge in [-0.2, -0.15) is 0 Å². The molecule has 0 saturated heterocycles. The van der Waals surface area contributed by atoms with Crippen LogP contribution >= 0.6 is 0 Å². The van der Waals surface area contributed by atoms with E-state index in [1.807, 2.05) is 69.3 Å². The largest absolute Gasteiger partial charge is 0.465 e. The van der Waals surface area contributed by atoms with Gasteiger partial charge in [-0.05, 0) is 48.9 Å². The molecule has 2 aromatic rings. The lowest BCUT2D eigenvalue weighted by Crippen LogP contribution is -2.28. The van der Waals surface area contributed by atoms with Crippen LogP contribution in [0.1, 0.15) is 56.9 Å². The Labute approximate surface area is 189 Å². The van der Waals surface area contributed by atoms with Gasteiger partial charge < -0.3 is 9.47 Å². The first-order chi connectivity index (χ1) is 15.0. The predicted octanol–water partition coefficient (Wildman–Crippen LogP) is 4.87. The van der Waals surface area contributed by atoms with Crippen LogP contribution in [0.25, 0.3) is 5.57 Å². The molecule has 0 aliphatic heterocycles. The number of nitrogens with zero attached hydrogens (tertiary/aromatic N) is 1. The van der Waals surface area contributed by atoms with Crippen LogP contribution in [0.4, 0.5) is 0 Å². The molecule has 0 spiro atoms. The molecule has 3 rings (SSSR count). The summed E-state index contributed by atoms with van der Waals surface area (Å²) in [7, 11) is 2.57. The second-order valence-corrected chi connectivity index (χ2v) is 9.22. The van der Waals surface area contributed by atoms with E-state index in [9.17, 15) is 9.59 Å². The average molecular weight is 432 g/mol. The summed E-state index contributed by atoms with van der Waals surface area (Å²) in [6.45, 7) is 9.95. The summed E-state index contributed by atoms with van der Waals surface area (Å²) in [6, 6.07) is 15.8. The molecule has 1 aliphatic rings. The summed E-state index contributed by atoms with van der Waals surface area (Å²) in [5.74, 6) is 1.46. The molecule has 5 nitrogen and oxygen atoms in total. The number of carbonyl (C=O) groups excluding carboxylic acids is 2. The molecule has 166 valence electrons. The van der Waals surface area contributed by atoms with E-state index in [0.717, 1.165) is 22.3 Å². The lowest BCUT2D eigenvalue weighted by molar-refractivity contribution is -0.139. The molecule has 0 unspecified atom stereocenters. The normalized spacial score (nSPS) is 13.8. The van der Waals surface area contributed by atoms with Gasteiger partial charge in [-0.3, -0.25) is 0 Å². The molecule has 0 heterocycles. The maximum atomic E-state index is 13.2. The number of hydrogen-bond donors (Lipinski definition) is 0. The van der Waals surface area contributed by atoms with Gasteiger partial charge in [0.1, 0.15) is 5.57 Å². The Balaban J connectivity index is 2.55. The molecule has 0 radical (unpaired) electrons. The highest BCUT2D eigenvalue weighted by molar-refractivity contribution is 6.19. The molecule has 1 aliphatic carbocycles. The van der Waals surface area contributed by atoms with E-state index < -0.39 is 17.5 Å². The second kappa shape index (κ2) is 8.60. The zero-order chi connectivity index (χ0) is 23.7. The number of hydrogen-bond acceptors (Lipinski definition) is 5. The third-order valence-electron chi connectivity index (χ3n) is 5.52. The number of aliphatic imine (C=N–C) groups is 1. The van der Waals surface area contributed by atoms with Crippen molar-refractivity contribution in [1.82, 2.24) is 0 Å². The quantitative estimate of drug-likeness (QED) is 0.395. The lowest BCUT2D eigenvalue weighted by atomic mass is 9.66. The summed E-state index contributed by atoms with van der Waals surface area (Å²) >= 11 is 0. The number of esters is 2. The van der Waals surface area contributed by atoms with Gasteiger partial charge in [-0.1, -0.05) is 62.4 Å². The number of fused-ring (bicyclic) bond motifs is 2. The monoisotopic (exact) mass is 431 g/mol. The SMILES string of the molecule is COC(=O)C(=C=NC(C)(C)C)C(C(=O)OC)=C1c2ccccc2C(C)(C)c2ccccc21. The van der Waals surface area contributed by atoms with Crippen molar-refractivity contribution in [2.45, 2.75) is 45.6 Å². The number of methoxy groups -OCH3 is 2. The maximum Gasteiger partial charge on any atom is 0.348 e. The average Bonchev–Trinajstić information content (AvgIpc) is 2.76. The van der Waals surface area contributed by atoms with Gasteiger partial charge in [0, 0.05) is 11.0 Å². The Morgan fingerprint density at radius 3 is 1.75 bits per heavy atom. The third kappa shape index (κ3) is 4.17. The summed E-state index contributed by atoms with van der Waals surface area (Å²) in [5.41, 5.74) is 3.64. The summed E-state index contributed by atoms with van der Waals surface area (Å²) < 4.78 is 10.2. The van der Waals surface area contributed by atoms with Gasteiger partial charge >= 0.3 is 11.9 Å². The van der Waals surface area contributed by atoms with Crippen molar-refractivity contribution in [3.05, 3.63) is 81.9 Å². The number of rotatable bonds is 3. The predicted molar refractivity (Wildman–Crippen MR) is 126 cm³/mol. The van der Waals surface area contributed by atoms with Crippen LogP contribution in [-0.2, 0) is 24.5 Å². The molecule has 2 aromatic carbocycles. The fraction of sp³-hybridized carbons (Fsp3) is 0.333. The van der Waals surface area contributed by atoms with Crippen LogP contribution in [0.2, 0.25) is 0 Å². The Hall–Kier alpha value is -3.43. The molecule has 0 aromatic heterocycles. The van der Waals surface area contributed by atoms with Gasteiger partial charge in [0.15, 0.2) is 0 Å². The van der Waals surface area contributed by atoms with Crippen molar-refractivity contribution in [1.29, 1.82) is 0 Å². The Morgan fingerprint density at radius 2 is 1.31 bits per heavy atom. The van der Waals surface area contributed by atoms with E-state index in [1.165, 1.54) is 14.2 Å². The van der Waals surface area contributed by atoms with Crippen molar-refractivity contribution < 1.29 is 19.1 Å². The highest BCUT2D eigenvalue weighted by Crippen LogP contribution is 2.48. The molecular formula is C27H29NO4. The van der Waals surface area contributed by atoms with Gasteiger partial charge in [0.05, 0.1) is 25.3 Å². The first kappa shape index (κ1) is 23.2. The minimum absolute atomic E-state index is 0.0615. The van der Waals surface area contributed by atoms with Crippen molar-refractivity contribution in [3.8, 4) is 0 Å². The molecule has 0 atom stereocenters. The Morgan fingerprint density at radius 1 is 0.844 bits per heavy atom. The van der Waals surface area contributed by atoms with Gasteiger partial charge in [-0.25, -0.2) is 14.6 Å². The Kier molecular flexibility index (Phi) is 6.25. The molecule has 0 bridgehead atoms. The standard InChI is InChI=1S/C27H29NO4/c1-26(2,3)28-16-19(24(29)31-6)23(25(30)32-7)22-17-12-8-10-14-20(17)27(4,5)21-15-11-9-13-18(21)22/h8-15H,1-7H3. The van der Waals surface area contributed by atoms with Crippen LogP contribution in [0.3, 0.4) is 0 Å². The summed E-state index contributed by atoms with van der Waals surface area (Å²) in [5, 5.41) is 0. The fourth-order valence-corrected chi connectivity index (χ4v) is 4.01. The summed E-state index contributed by atoms with van der Waals surface area (Å²) in [6.07, 6.45) is 0. The molecule has 5 heteroatoms. The zero-order valence-electron chi connectivity index (χ0n) is 19.7. The zero-order valence-corrected chi connectivity index (χ0v) is 19.7. The van der Waals surface area contributed by atoms with Crippen LogP contribution in [-0.4, -0.2) is 37.6 Å². The lowest BCUT2D eigenvalue weighted by Gasteiger charge is -2.37. The van der Waals surface area contributed by atoms with Crippen LogP contribution < -0.4 is 0 Å². The molecule has 0 fully saturated rings. The van der Waals surface area contributed by atoms with E-state index >= 15 is 0 Å². The highest BCUT2D eigenvalue weighted by Gasteiger charge is 2.38. The van der Waals surface area contributed by atoms with Gasteiger partial charge in [-0.15, -0.1) is 0 Å². The van der Waals surface area contributed by atoms with E-state index in [0.29, 0.717) is 5.57 Å². The minimum Gasteiger partial charge on any atom is -0.465 e. The van der Waals surface area contributed by atoms with Crippen molar-refractivity contribution in [3.63, 3.8) is 0 Å². The molecule has 32 heavy (non-hydrogen) atoms. The van der Waals surface area contributed by atoms with E-state index in [-0.39, 0.29) is 16.6 Å². The second-order valence-electron chi connectivity index (χ2n) is 9.22. The molecular weight excluding hydrogens is 402 g/mol. The first-order valence-corrected chi connectivity index (χ1v) is 10.5. The van der Waals surface area contributed by atoms with Crippen LogP contribution in [0, 0.1) is 0 Å². The third-order valence-corrected chi connectivity index (χ3v) is 5.52. The van der Waals surface area contributed by atoms with Gasteiger partial charge in [0.2, 0.25) is 0 Å². The number of benzene rings is 2. The fourth-order valence-electron chi connectivity index (χ4n) is 4.01. The van der Waals surface area contributed by atoms with E-state index in [4.69, 9.17) is 9.47 Å². The summed E-state index contributed by atoms with van der Waals surface area (Å²) in [4.78, 5) is 30.4. The smallest absolute Gasteiger partial charge is 0.348 e. The number of carbonyl (C=O) groups is 2. The maximum absolute atomic E-state index is 13.2. The minimum atomic E-state index is -0.703. The van der Waals surface area contributed by atoms with E-state index in [1.54, 1.807) is 0 Å². The van der Waals surface area contributed by atoms with Crippen LogP contribution in [0.15, 0.2) is 64.7 Å². The van der Waals surface area contributed by atoms with Crippen LogP contribution in [0.5, 0.6) is 0 Å². The molecule has 0 N–H and O–H groups in total. The molecule has 0 amide bonds. The Bertz CT molecular complexity index is 1120. The van der Waals surface area contributed by atoms with Crippen molar-refractivity contribution in [2.75, 3.05) is 14.2 Å². The molecule has 0 saturated carbocycles. The van der Waals surface area contributed by atoms with Crippen molar-refractivity contribution >= 4 is 23.4 Å². The topological polar surface area (TPSA) is 65.0 Å². The number of ether oxygens (including phenoxy) is 2. The first-order valence-electron chi connectivity index (χ1n) is 10.5. The highest BCUT2D eigenvalue weighted by atomic mass is 16.5.